The molecular weight excluding hydrogens is 188 g/mol. The molecule has 2 aliphatic rings. The number of nitrogens with one attached hydrogen (secondary N) is 1. The number of carbonyl (C=O) groups is 1. The second-order valence-corrected chi connectivity index (χ2v) is 4.76. The van der Waals surface area contributed by atoms with Crippen molar-refractivity contribution >= 4 is 5.91 Å². The first kappa shape index (κ1) is 10.9. The summed E-state index contributed by atoms with van der Waals surface area (Å²) in [5.74, 6) is 0.359. The first-order chi connectivity index (χ1) is 7.27. The number of carbonyl (C=O) groups excluding carboxylic acids is 1. The molecule has 1 heterocycles. The van der Waals surface area contributed by atoms with Crippen molar-refractivity contribution in [2.24, 2.45) is 0 Å². The van der Waals surface area contributed by atoms with Gasteiger partial charge in [-0.25, -0.2) is 0 Å². The lowest BCUT2D eigenvalue weighted by Gasteiger charge is -2.22. The van der Waals surface area contributed by atoms with Crippen LogP contribution < -0.4 is 5.32 Å². The van der Waals surface area contributed by atoms with Gasteiger partial charge < -0.3 is 4.90 Å². The van der Waals surface area contributed by atoms with Gasteiger partial charge in [-0.1, -0.05) is 26.7 Å². The van der Waals surface area contributed by atoms with Crippen molar-refractivity contribution in [3.05, 3.63) is 0 Å². The van der Waals surface area contributed by atoms with Crippen LogP contribution in [0.15, 0.2) is 0 Å². The summed E-state index contributed by atoms with van der Waals surface area (Å²) >= 11 is 0. The molecule has 1 N–H and O–H groups in total. The lowest BCUT2D eigenvalue weighted by Crippen LogP contribution is -2.38. The monoisotopic (exact) mass is 210 g/mol. The molecule has 1 amide bonds. The van der Waals surface area contributed by atoms with Crippen LogP contribution in [0, 0.1) is 0 Å². The van der Waals surface area contributed by atoms with Gasteiger partial charge in [-0.05, 0) is 25.7 Å². The predicted octanol–water partition coefficient (Wildman–Crippen LogP) is 1.88. The summed E-state index contributed by atoms with van der Waals surface area (Å²) in [5.41, 5.74) is 0. The Kier molecular flexibility index (Phi) is 3.29. The third-order valence-corrected chi connectivity index (χ3v) is 3.46. The van der Waals surface area contributed by atoms with Gasteiger partial charge in [0.25, 0.3) is 0 Å². The summed E-state index contributed by atoms with van der Waals surface area (Å²) < 4.78 is 0. The molecule has 0 aromatic heterocycles. The largest absolute Gasteiger partial charge is 0.323 e. The van der Waals surface area contributed by atoms with Crippen molar-refractivity contribution in [3.8, 4) is 0 Å². The fourth-order valence-corrected chi connectivity index (χ4v) is 2.43. The maximum Gasteiger partial charge on any atom is 0.241 e. The van der Waals surface area contributed by atoms with Gasteiger partial charge in [0, 0.05) is 6.04 Å². The molecule has 2 atom stereocenters. The van der Waals surface area contributed by atoms with E-state index in [-0.39, 0.29) is 6.04 Å². The average molecular weight is 210 g/mol. The van der Waals surface area contributed by atoms with Crippen LogP contribution in [-0.2, 0) is 4.79 Å². The van der Waals surface area contributed by atoms with Crippen LogP contribution in [0.1, 0.15) is 52.4 Å². The van der Waals surface area contributed by atoms with Gasteiger partial charge in [-0.15, -0.1) is 0 Å². The lowest BCUT2D eigenvalue weighted by molar-refractivity contribution is -0.130. The minimum Gasteiger partial charge on any atom is -0.323 e. The molecule has 1 aliphatic carbocycles. The zero-order valence-electron chi connectivity index (χ0n) is 9.83. The maximum absolute atomic E-state index is 12.1. The van der Waals surface area contributed by atoms with Crippen molar-refractivity contribution in [1.82, 2.24) is 10.2 Å². The fourth-order valence-electron chi connectivity index (χ4n) is 2.43. The molecule has 2 unspecified atom stereocenters. The quantitative estimate of drug-likeness (QED) is 0.751. The SMILES string of the molecule is CCCCC1NC(CC)N(C2CC2)C1=O. The lowest BCUT2D eigenvalue weighted by atomic mass is 10.1. The molecule has 3 nitrogen and oxygen atoms in total. The Balaban J connectivity index is 1.96. The van der Waals surface area contributed by atoms with Gasteiger partial charge in [0.1, 0.15) is 0 Å². The molecular formula is C12H22N2O. The van der Waals surface area contributed by atoms with E-state index >= 15 is 0 Å². The van der Waals surface area contributed by atoms with E-state index in [0.29, 0.717) is 18.1 Å². The normalized spacial score (nSPS) is 31.3. The van der Waals surface area contributed by atoms with Gasteiger partial charge in [0.05, 0.1) is 12.2 Å². The van der Waals surface area contributed by atoms with Gasteiger partial charge in [-0.2, -0.15) is 0 Å². The van der Waals surface area contributed by atoms with Gasteiger partial charge in [0.15, 0.2) is 0 Å². The van der Waals surface area contributed by atoms with Crippen molar-refractivity contribution in [3.63, 3.8) is 0 Å². The Hall–Kier alpha value is -0.570. The summed E-state index contributed by atoms with van der Waals surface area (Å²) in [6.07, 6.45) is 7.10. The smallest absolute Gasteiger partial charge is 0.241 e. The van der Waals surface area contributed by atoms with Crippen LogP contribution in [0.5, 0.6) is 0 Å². The highest BCUT2D eigenvalue weighted by Gasteiger charge is 2.44. The third-order valence-electron chi connectivity index (χ3n) is 3.46. The number of rotatable bonds is 5. The molecule has 2 fully saturated rings. The van der Waals surface area contributed by atoms with Crippen LogP contribution in [0.25, 0.3) is 0 Å². The van der Waals surface area contributed by atoms with E-state index in [1.54, 1.807) is 0 Å². The second kappa shape index (κ2) is 4.52. The van der Waals surface area contributed by atoms with Crippen LogP contribution in [0.4, 0.5) is 0 Å². The van der Waals surface area contributed by atoms with Crippen LogP contribution in [0.2, 0.25) is 0 Å². The number of unbranched alkanes of at least 4 members (excludes halogenated alkanes) is 1. The summed E-state index contributed by atoms with van der Waals surface area (Å²) in [5, 5.41) is 3.47. The first-order valence-corrected chi connectivity index (χ1v) is 6.36. The molecule has 1 saturated carbocycles. The summed E-state index contributed by atoms with van der Waals surface area (Å²) in [4.78, 5) is 14.2. The Morgan fingerprint density at radius 3 is 2.67 bits per heavy atom. The first-order valence-electron chi connectivity index (χ1n) is 6.36. The molecule has 1 saturated heterocycles. The van der Waals surface area contributed by atoms with Crippen LogP contribution in [-0.4, -0.2) is 29.1 Å². The molecule has 0 spiro atoms. The fraction of sp³-hybridized carbons (Fsp3) is 0.917. The van der Waals surface area contributed by atoms with E-state index in [9.17, 15) is 4.79 Å². The minimum atomic E-state index is 0.107. The Morgan fingerprint density at radius 2 is 2.13 bits per heavy atom. The minimum absolute atomic E-state index is 0.107. The molecule has 86 valence electrons. The number of amides is 1. The molecule has 2 rings (SSSR count). The average Bonchev–Trinajstić information content (AvgIpc) is 3.01. The summed E-state index contributed by atoms with van der Waals surface area (Å²) in [7, 11) is 0. The third kappa shape index (κ3) is 2.17. The van der Waals surface area contributed by atoms with Crippen molar-refractivity contribution in [2.45, 2.75) is 70.6 Å². The molecule has 3 heteroatoms. The molecule has 15 heavy (non-hydrogen) atoms. The van der Waals surface area contributed by atoms with E-state index in [1.165, 1.54) is 19.3 Å². The standard InChI is InChI=1S/C12H22N2O/c1-3-5-6-10-12(15)14(9-7-8-9)11(4-2)13-10/h9-11,13H,3-8H2,1-2H3. The molecule has 0 radical (unpaired) electrons. The van der Waals surface area contributed by atoms with E-state index in [0.717, 1.165) is 19.3 Å². The van der Waals surface area contributed by atoms with E-state index in [1.807, 2.05) is 0 Å². The van der Waals surface area contributed by atoms with Crippen molar-refractivity contribution in [2.75, 3.05) is 0 Å². The number of hydrogen-bond acceptors (Lipinski definition) is 2. The predicted molar refractivity (Wildman–Crippen MR) is 60.4 cm³/mol. The van der Waals surface area contributed by atoms with E-state index < -0.39 is 0 Å². The van der Waals surface area contributed by atoms with E-state index in [4.69, 9.17) is 0 Å². The van der Waals surface area contributed by atoms with E-state index in [2.05, 4.69) is 24.1 Å². The Morgan fingerprint density at radius 1 is 1.40 bits per heavy atom. The van der Waals surface area contributed by atoms with Crippen LogP contribution in [0.3, 0.4) is 0 Å². The zero-order valence-corrected chi connectivity index (χ0v) is 9.83. The highest BCUT2D eigenvalue weighted by molar-refractivity contribution is 5.84. The van der Waals surface area contributed by atoms with Crippen molar-refractivity contribution in [1.29, 1.82) is 0 Å². The zero-order chi connectivity index (χ0) is 10.8. The van der Waals surface area contributed by atoms with Gasteiger partial charge in [0.2, 0.25) is 5.91 Å². The summed E-state index contributed by atoms with van der Waals surface area (Å²) in [6.45, 7) is 4.33. The van der Waals surface area contributed by atoms with Crippen molar-refractivity contribution < 1.29 is 4.79 Å². The second-order valence-electron chi connectivity index (χ2n) is 4.76. The number of nitrogens with zero attached hydrogens (tertiary/aromatic N) is 1. The molecule has 0 bridgehead atoms. The maximum atomic E-state index is 12.1. The molecule has 1 aliphatic heterocycles. The molecule has 0 aromatic carbocycles. The Bertz CT molecular complexity index is 238. The Labute approximate surface area is 92.2 Å². The van der Waals surface area contributed by atoms with Gasteiger partial charge in [-0.3, -0.25) is 10.1 Å². The highest BCUT2D eigenvalue weighted by Crippen LogP contribution is 2.32. The van der Waals surface area contributed by atoms with Crippen LogP contribution >= 0.6 is 0 Å². The molecule has 0 aromatic rings. The number of hydrogen-bond donors (Lipinski definition) is 1. The highest BCUT2D eigenvalue weighted by atomic mass is 16.2. The topological polar surface area (TPSA) is 32.3 Å². The van der Waals surface area contributed by atoms with Gasteiger partial charge >= 0.3 is 0 Å². The summed E-state index contributed by atoms with van der Waals surface area (Å²) in [6, 6.07) is 0.664.